The molecule has 0 saturated carbocycles. The van der Waals surface area contributed by atoms with Gasteiger partial charge in [-0.3, -0.25) is 5.32 Å². The number of hydrogen-bond donors (Lipinski definition) is 1. The molecule has 1 aliphatic heterocycles. The van der Waals surface area contributed by atoms with Gasteiger partial charge < -0.3 is 0 Å². The van der Waals surface area contributed by atoms with Crippen molar-refractivity contribution in [3.05, 3.63) is 20.2 Å². The first kappa shape index (κ1) is 8.46. The molecule has 68 valence electrons. The molecule has 12 heavy (non-hydrogen) atoms. The molecule has 0 aromatic carbocycles. The Morgan fingerprint density at radius 1 is 1.08 bits per heavy atom. The van der Waals surface area contributed by atoms with Crippen LogP contribution in [0.1, 0.15) is 0 Å². The van der Waals surface area contributed by atoms with E-state index in [1.54, 1.807) is 0 Å². The van der Waals surface area contributed by atoms with E-state index in [1.165, 1.54) is 0 Å². The molecule has 0 spiro atoms. The Hall–Kier alpha value is -1.64. The Morgan fingerprint density at radius 2 is 1.50 bits per heavy atom. The molecule has 1 fully saturated rings. The third kappa shape index (κ3) is 1.69. The summed E-state index contributed by atoms with van der Waals surface area (Å²) in [5, 5.41) is 22.9. The maximum atomic E-state index is 10.2. The summed E-state index contributed by atoms with van der Waals surface area (Å²) in [6, 6.07) is 0. The monoisotopic (exact) mass is 177 g/mol. The molecule has 9 heteroatoms. The Balaban J connectivity index is 2.51. The highest BCUT2D eigenvalue weighted by atomic mass is 16.7. The molecule has 0 aliphatic carbocycles. The summed E-state index contributed by atoms with van der Waals surface area (Å²) in [4.78, 5) is 20.3. The predicted octanol–water partition coefficient (Wildman–Crippen LogP) is -1.55. The molecule has 0 bridgehead atoms. The first-order chi connectivity index (χ1) is 5.61. The average molecular weight is 177 g/mol. The van der Waals surface area contributed by atoms with E-state index >= 15 is 0 Å². The van der Waals surface area contributed by atoms with Crippen molar-refractivity contribution in [3.63, 3.8) is 0 Å². The highest BCUT2D eigenvalue weighted by Crippen LogP contribution is 1.97. The van der Waals surface area contributed by atoms with Gasteiger partial charge in [0, 0.05) is 0 Å². The topological polar surface area (TPSA) is 105 Å². The van der Waals surface area contributed by atoms with Crippen molar-refractivity contribution in [1.82, 2.24) is 15.3 Å². The fourth-order valence-corrected chi connectivity index (χ4v) is 0.815. The molecule has 0 radical (unpaired) electrons. The lowest BCUT2D eigenvalue weighted by atomic mass is 10.7. The van der Waals surface area contributed by atoms with Crippen molar-refractivity contribution in [2.75, 3.05) is 20.0 Å². The molecule has 1 heterocycles. The van der Waals surface area contributed by atoms with E-state index in [2.05, 4.69) is 5.32 Å². The minimum atomic E-state index is -0.678. The van der Waals surface area contributed by atoms with E-state index in [0.717, 1.165) is 0 Å². The molecule has 0 amide bonds. The van der Waals surface area contributed by atoms with Crippen LogP contribution in [0.4, 0.5) is 0 Å². The number of nitrogens with one attached hydrogen (secondary N) is 1. The molecule has 1 N–H and O–H groups in total. The fraction of sp³-hybridized carbons (Fsp3) is 1.00. The molecule has 0 aromatic heterocycles. The van der Waals surface area contributed by atoms with Crippen molar-refractivity contribution in [3.8, 4) is 0 Å². The molecule has 1 aliphatic rings. The summed E-state index contributed by atoms with van der Waals surface area (Å²) in [7, 11) is 0. The first-order valence-corrected chi connectivity index (χ1v) is 3.10. The second-order valence-corrected chi connectivity index (χ2v) is 2.20. The van der Waals surface area contributed by atoms with Crippen molar-refractivity contribution < 1.29 is 10.1 Å². The number of rotatable bonds is 2. The van der Waals surface area contributed by atoms with Crippen LogP contribution >= 0.6 is 0 Å². The molecule has 0 atom stereocenters. The number of hydrogen-bond acceptors (Lipinski definition) is 5. The average Bonchev–Trinajstić information content (AvgIpc) is 2.04. The van der Waals surface area contributed by atoms with E-state index in [1.807, 2.05) is 0 Å². The van der Waals surface area contributed by atoms with E-state index in [0.29, 0.717) is 10.0 Å². The minimum absolute atomic E-state index is 0.0251. The SMILES string of the molecule is O=[N+]([O-])N1CNCN([N+](=O)[O-])C1. The van der Waals surface area contributed by atoms with Gasteiger partial charge >= 0.3 is 0 Å². The Labute approximate surface area is 66.8 Å². The van der Waals surface area contributed by atoms with Gasteiger partial charge in [-0.1, -0.05) is 10.0 Å². The third-order valence-corrected chi connectivity index (χ3v) is 1.38. The van der Waals surface area contributed by atoms with Gasteiger partial charge in [-0.15, -0.1) is 0 Å². The number of hydrazine groups is 2. The van der Waals surface area contributed by atoms with E-state index in [9.17, 15) is 20.2 Å². The van der Waals surface area contributed by atoms with Gasteiger partial charge in [-0.2, -0.15) is 0 Å². The van der Waals surface area contributed by atoms with Gasteiger partial charge in [0.25, 0.3) is 0 Å². The smallest absolute Gasteiger partial charge is 0.210 e. The zero-order valence-corrected chi connectivity index (χ0v) is 6.04. The van der Waals surface area contributed by atoms with Crippen LogP contribution in [0.2, 0.25) is 0 Å². The van der Waals surface area contributed by atoms with Crippen LogP contribution in [-0.4, -0.2) is 40.1 Å². The first-order valence-electron chi connectivity index (χ1n) is 3.10. The van der Waals surface area contributed by atoms with Crippen LogP contribution in [0.25, 0.3) is 0 Å². The van der Waals surface area contributed by atoms with Crippen LogP contribution in [0.15, 0.2) is 0 Å². The summed E-state index contributed by atoms with van der Waals surface area (Å²) >= 11 is 0. The van der Waals surface area contributed by atoms with Gasteiger partial charge in [0.1, 0.15) is 13.3 Å². The highest BCUT2D eigenvalue weighted by molar-refractivity contribution is 4.49. The quantitative estimate of drug-likeness (QED) is 0.402. The van der Waals surface area contributed by atoms with Gasteiger partial charge in [-0.05, 0) is 0 Å². The zero-order valence-electron chi connectivity index (χ0n) is 6.04. The minimum Gasteiger partial charge on any atom is -0.273 e. The standard InChI is InChI=1S/C3H7N5O4/c9-7(10)5-1-4-2-6(3-5)8(11)12/h4H,1-3H2. The summed E-state index contributed by atoms with van der Waals surface area (Å²) in [5.74, 6) is 0. The predicted molar refractivity (Wildman–Crippen MR) is 35.4 cm³/mol. The molecule has 1 rings (SSSR count). The lowest BCUT2D eigenvalue weighted by molar-refractivity contribution is -0.721. The zero-order chi connectivity index (χ0) is 9.14. The largest absolute Gasteiger partial charge is 0.273 e. The van der Waals surface area contributed by atoms with Crippen molar-refractivity contribution >= 4 is 0 Å². The van der Waals surface area contributed by atoms with Crippen LogP contribution < -0.4 is 5.32 Å². The maximum absolute atomic E-state index is 10.2. The van der Waals surface area contributed by atoms with Crippen molar-refractivity contribution in [2.24, 2.45) is 0 Å². The lowest BCUT2D eigenvalue weighted by Crippen LogP contribution is -2.56. The van der Waals surface area contributed by atoms with E-state index in [4.69, 9.17) is 0 Å². The molecule has 0 aromatic rings. The van der Waals surface area contributed by atoms with E-state index < -0.39 is 10.1 Å². The molecular weight excluding hydrogens is 170 g/mol. The van der Waals surface area contributed by atoms with E-state index in [-0.39, 0.29) is 20.0 Å². The van der Waals surface area contributed by atoms with Crippen LogP contribution in [0, 0.1) is 20.2 Å². The van der Waals surface area contributed by atoms with Crippen LogP contribution in [0.3, 0.4) is 0 Å². The third-order valence-electron chi connectivity index (χ3n) is 1.38. The molecule has 1 saturated heterocycles. The summed E-state index contributed by atoms with van der Waals surface area (Å²) in [5.41, 5.74) is 0. The second kappa shape index (κ2) is 3.17. The fourth-order valence-electron chi connectivity index (χ4n) is 0.815. The number of nitrogens with zero attached hydrogens (tertiary/aromatic N) is 4. The maximum Gasteiger partial charge on any atom is 0.210 e. The summed E-state index contributed by atoms with van der Waals surface area (Å²) in [6.07, 6.45) is 0. The normalized spacial score (nSPS) is 17.7. The molecule has 9 nitrogen and oxygen atoms in total. The van der Waals surface area contributed by atoms with Crippen LogP contribution in [0.5, 0.6) is 0 Å². The van der Waals surface area contributed by atoms with Gasteiger partial charge in [-0.25, -0.2) is 20.2 Å². The lowest BCUT2D eigenvalue weighted by Gasteiger charge is -2.24. The van der Waals surface area contributed by atoms with Crippen molar-refractivity contribution in [1.29, 1.82) is 0 Å². The summed E-state index contributed by atoms with van der Waals surface area (Å²) in [6.45, 7) is -0.248. The molecule has 0 unspecified atom stereocenters. The number of nitro groups is 2. The van der Waals surface area contributed by atoms with Crippen LogP contribution in [-0.2, 0) is 0 Å². The second-order valence-electron chi connectivity index (χ2n) is 2.20. The highest BCUT2D eigenvalue weighted by Gasteiger charge is 2.28. The Morgan fingerprint density at radius 3 is 1.83 bits per heavy atom. The van der Waals surface area contributed by atoms with Gasteiger partial charge in [0.05, 0.1) is 0 Å². The van der Waals surface area contributed by atoms with Gasteiger partial charge in [0.15, 0.2) is 10.1 Å². The Kier molecular flexibility index (Phi) is 2.24. The molecular formula is C3H7N5O4. The Bertz CT molecular complexity index is 187. The van der Waals surface area contributed by atoms with Gasteiger partial charge in [0.2, 0.25) is 6.67 Å². The summed E-state index contributed by atoms with van der Waals surface area (Å²) < 4.78 is 0. The van der Waals surface area contributed by atoms with Crippen molar-refractivity contribution in [2.45, 2.75) is 0 Å².